The molecule has 18 heavy (non-hydrogen) atoms. The van der Waals surface area contributed by atoms with E-state index in [4.69, 9.17) is 0 Å². The minimum atomic E-state index is 0.544. The number of hydrogen-bond donors (Lipinski definition) is 1. The molecule has 0 aliphatic rings. The summed E-state index contributed by atoms with van der Waals surface area (Å²) in [5.41, 5.74) is 1.26. The third kappa shape index (κ3) is 5.63. The molecule has 1 atom stereocenters. The van der Waals surface area contributed by atoms with Crippen LogP contribution < -0.4 is 5.32 Å². The fraction of sp³-hybridized carbons (Fsp3) is 0.500. The molecule has 0 aliphatic carbocycles. The van der Waals surface area contributed by atoms with Crippen LogP contribution in [0, 0.1) is 0 Å². The monoisotopic (exact) mass is 263 g/mol. The van der Waals surface area contributed by atoms with Crippen LogP contribution in [0.5, 0.6) is 0 Å². The Labute approximate surface area is 116 Å². The summed E-state index contributed by atoms with van der Waals surface area (Å²) in [7, 11) is 0. The topological polar surface area (TPSA) is 12.0 Å². The Hall–Kier alpha value is -0.890. The SMILES string of the molecule is C=CCSc1ccccc1NC(C)CCCCC. The molecular formula is C16H25NS. The van der Waals surface area contributed by atoms with Crippen LogP contribution in [-0.4, -0.2) is 11.8 Å². The summed E-state index contributed by atoms with van der Waals surface area (Å²) < 4.78 is 0. The first-order valence-electron chi connectivity index (χ1n) is 6.87. The molecule has 0 amide bonds. The van der Waals surface area contributed by atoms with Gasteiger partial charge in [0.15, 0.2) is 0 Å². The molecule has 0 spiro atoms. The van der Waals surface area contributed by atoms with Gasteiger partial charge in [-0.3, -0.25) is 0 Å². The number of unbranched alkanes of at least 4 members (excludes halogenated alkanes) is 2. The zero-order chi connectivity index (χ0) is 13.2. The fourth-order valence-electron chi connectivity index (χ4n) is 1.90. The molecule has 0 aliphatic heterocycles. The van der Waals surface area contributed by atoms with Gasteiger partial charge in [0.2, 0.25) is 0 Å². The molecule has 0 saturated heterocycles. The zero-order valence-corrected chi connectivity index (χ0v) is 12.4. The molecule has 1 nitrogen and oxygen atoms in total. The standard InChI is InChI=1S/C16H25NS/c1-4-6-7-10-14(3)17-15-11-8-9-12-16(15)18-13-5-2/h5,8-9,11-12,14,17H,2,4,6-7,10,13H2,1,3H3. The summed E-state index contributed by atoms with van der Waals surface area (Å²) >= 11 is 1.84. The van der Waals surface area contributed by atoms with Gasteiger partial charge >= 0.3 is 0 Å². The summed E-state index contributed by atoms with van der Waals surface area (Å²) in [5.74, 6) is 0.961. The van der Waals surface area contributed by atoms with Gasteiger partial charge < -0.3 is 5.32 Å². The van der Waals surface area contributed by atoms with E-state index in [2.05, 4.69) is 50.0 Å². The van der Waals surface area contributed by atoms with Crippen LogP contribution in [0.1, 0.15) is 39.5 Å². The van der Waals surface area contributed by atoms with Crippen molar-refractivity contribution < 1.29 is 0 Å². The number of anilines is 1. The highest BCUT2D eigenvalue weighted by Gasteiger charge is 2.05. The first kappa shape index (κ1) is 15.2. The molecule has 0 heterocycles. The van der Waals surface area contributed by atoms with Crippen LogP contribution in [-0.2, 0) is 0 Å². The Morgan fingerprint density at radius 1 is 1.33 bits per heavy atom. The number of nitrogens with one attached hydrogen (secondary N) is 1. The quantitative estimate of drug-likeness (QED) is 0.366. The highest BCUT2D eigenvalue weighted by molar-refractivity contribution is 7.99. The van der Waals surface area contributed by atoms with E-state index in [-0.39, 0.29) is 0 Å². The molecule has 1 N–H and O–H groups in total. The Morgan fingerprint density at radius 2 is 2.11 bits per heavy atom. The van der Waals surface area contributed by atoms with Gasteiger partial charge in [-0.05, 0) is 25.5 Å². The van der Waals surface area contributed by atoms with E-state index in [0.29, 0.717) is 6.04 Å². The zero-order valence-electron chi connectivity index (χ0n) is 11.6. The van der Waals surface area contributed by atoms with Gasteiger partial charge in [-0.25, -0.2) is 0 Å². The minimum Gasteiger partial charge on any atom is -0.382 e. The second kappa shape index (κ2) is 9.09. The Balaban J connectivity index is 2.51. The van der Waals surface area contributed by atoms with Crippen LogP contribution in [0.15, 0.2) is 41.8 Å². The maximum absolute atomic E-state index is 3.78. The van der Waals surface area contributed by atoms with Gasteiger partial charge in [-0.2, -0.15) is 0 Å². The van der Waals surface area contributed by atoms with Gasteiger partial charge in [0.1, 0.15) is 0 Å². The van der Waals surface area contributed by atoms with Gasteiger partial charge in [-0.1, -0.05) is 44.4 Å². The summed E-state index contributed by atoms with van der Waals surface area (Å²) in [6.45, 7) is 8.29. The van der Waals surface area contributed by atoms with Crippen molar-refractivity contribution in [2.75, 3.05) is 11.1 Å². The molecule has 0 saturated carbocycles. The van der Waals surface area contributed by atoms with Crippen molar-refractivity contribution in [3.05, 3.63) is 36.9 Å². The normalized spacial score (nSPS) is 12.1. The number of thioether (sulfide) groups is 1. The minimum absolute atomic E-state index is 0.544. The molecule has 100 valence electrons. The average molecular weight is 263 g/mol. The summed E-state index contributed by atoms with van der Waals surface area (Å²) in [6.07, 6.45) is 7.13. The molecule has 0 bridgehead atoms. The van der Waals surface area contributed by atoms with Gasteiger partial charge in [0.05, 0.1) is 0 Å². The molecule has 2 heteroatoms. The van der Waals surface area contributed by atoms with E-state index in [9.17, 15) is 0 Å². The van der Waals surface area contributed by atoms with Crippen molar-refractivity contribution in [1.29, 1.82) is 0 Å². The molecule has 1 aromatic rings. The van der Waals surface area contributed by atoms with Crippen molar-refractivity contribution >= 4 is 17.4 Å². The molecule has 1 unspecified atom stereocenters. The lowest BCUT2D eigenvalue weighted by Gasteiger charge is -2.17. The van der Waals surface area contributed by atoms with E-state index in [1.807, 2.05) is 17.8 Å². The molecule has 0 fully saturated rings. The molecular weight excluding hydrogens is 238 g/mol. The first-order valence-corrected chi connectivity index (χ1v) is 7.85. The summed E-state index contributed by atoms with van der Waals surface area (Å²) in [6, 6.07) is 9.08. The van der Waals surface area contributed by atoms with Gasteiger partial charge in [0, 0.05) is 22.4 Å². The number of benzene rings is 1. The van der Waals surface area contributed by atoms with Crippen molar-refractivity contribution in [2.24, 2.45) is 0 Å². The number of hydrogen-bond acceptors (Lipinski definition) is 2. The second-order valence-electron chi connectivity index (χ2n) is 4.64. The highest BCUT2D eigenvalue weighted by atomic mass is 32.2. The Morgan fingerprint density at radius 3 is 2.83 bits per heavy atom. The molecule has 1 aromatic carbocycles. The maximum atomic E-state index is 3.78. The third-order valence-electron chi connectivity index (χ3n) is 2.89. The Kier molecular flexibility index (Phi) is 7.66. The summed E-state index contributed by atoms with van der Waals surface area (Å²) in [4.78, 5) is 1.32. The van der Waals surface area contributed by atoms with Gasteiger partial charge in [-0.15, -0.1) is 18.3 Å². The predicted octanol–water partition coefficient (Wildman–Crippen LogP) is 5.35. The highest BCUT2D eigenvalue weighted by Crippen LogP contribution is 2.27. The Bertz CT molecular complexity index is 349. The van der Waals surface area contributed by atoms with Crippen LogP contribution in [0.4, 0.5) is 5.69 Å². The van der Waals surface area contributed by atoms with Crippen molar-refractivity contribution in [3.8, 4) is 0 Å². The number of rotatable bonds is 9. The summed E-state index contributed by atoms with van der Waals surface area (Å²) in [5, 5.41) is 3.62. The van der Waals surface area contributed by atoms with Crippen molar-refractivity contribution in [3.63, 3.8) is 0 Å². The average Bonchev–Trinajstić information content (AvgIpc) is 2.38. The van der Waals surface area contributed by atoms with Crippen LogP contribution in [0.2, 0.25) is 0 Å². The fourth-order valence-corrected chi connectivity index (χ4v) is 2.65. The van der Waals surface area contributed by atoms with E-state index in [0.717, 1.165) is 5.75 Å². The lowest BCUT2D eigenvalue weighted by Crippen LogP contribution is -2.15. The molecule has 0 aromatic heterocycles. The van der Waals surface area contributed by atoms with E-state index in [1.54, 1.807) is 0 Å². The van der Waals surface area contributed by atoms with Crippen LogP contribution in [0.3, 0.4) is 0 Å². The third-order valence-corrected chi connectivity index (χ3v) is 3.96. The number of para-hydroxylation sites is 1. The van der Waals surface area contributed by atoms with Crippen molar-refractivity contribution in [1.82, 2.24) is 0 Å². The molecule has 1 rings (SSSR count). The lowest BCUT2D eigenvalue weighted by molar-refractivity contribution is 0.614. The van der Waals surface area contributed by atoms with Crippen LogP contribution in [0.25, 0.3) is 0 Å². The smallest absolute Gasteiger partial charge is 0.0480 e. The van der Waals surface area contributed by atoms with Crippen LogP contribution >= 0.6 is 11.8 Å². The van der Waals surface area contributed by atoms with Crippen molar-refractivity contribution in [2.45, 2.75) is 50.5 Å². The first-order chi connectivity index (χ1) is 8.77. The molecule has 0 radical (unpaired) electrons. The second-order valence-corrected chi connectivity index (χ2v) is 5.70. The van der Waals surface area contributed by atoms with E-state index >= 15 is 0 Å². The maximum Gasteiger partial charge on any atom is 0.0480 e. The lowest BCUT2D eigenvalue weighted by atomic mass is 10.1. The van der Waals surface area contributed by atoms with E-state index in [1.165, 1.54) is 36.3 Å². The largest absolute Gasteiger partial charge is 0.382 e. The van der Waals surface area contributed by atoms with Gasteiger partial charge in [0.25, 0.3) is 0 Å². The predicted molar refractivity (Wildman–Crippen MR) is 84.6 cm³/mol. The van der Waals surface area contributed by atoms with E-state index < -0.39 is 0 Å².